The third kappa shape index (κ3) is 2.46. The van der Waals surface area contributed by atoms with Crippen LogP contribution < -0.4 is 19.1 Å². The van der Waals surface area contributed by atoms with Crippen molar-refractivity contribution >= 4 is 11.6 Å². The summed E-state index contributed by atoms with van der Waals surface area (Å²) in [6.45, 7) is 2.64. The van der Waals surface area contributed by atoms with Crippen molar-refractivity contribution in [1.82, 2.24) is 5.16 Å². The highest BCUT2D eigenvalue weighted by atomic mass is 16.7. The predicted octanol–water partition coefficient (Wildman–Crippen LogP) is 4.60. The Morgan fingerprint density at radius 2 is 1.68 bits per heavy atom. The third-order valence-electron chi connectivity index (χ3n) is 6.98. The first-order valence-electron chi connectivity index (χ1n) is 11.2. The number of anilines is 1. The van der Waals surface area contributed by atoms with E-state index in [1.807, 2.05) is 78.6 Å². The summed E-state index contributed by atoms with van der Waals surface area (Å²) in [6, 6.07) is 21.5. The lowest BCUT2D eigenvalue weighted by Gasteiger charge is -2.23. The van der Waals surface area contributed by atoms with E-state index in [9.17, 15) is 4.79 Å². The summed E-state index contributed by atoms with van der Waals surface area (Å²) in [5.41, 5.74) is 4.23. The van der Waals surface area contributed by atoms with E-state index in [1.165, 1.54) is 0 Å². The van der Waals surface area contributed by atoms with E-state index in [0.29, 0.717) is 29.6 Å². The molecule has 0 saturated heterocycles. The number of carbonyl (C=O) groups is 1. The highest BCUT2D eigenvalue weighted by Gasteiger charge is 2.57. The Morgan fingerprint density at radius 1 is 0.912 bits per heavy atom. The maximum atomic E-state index is 14.3. The second kappa shape index (κ2) is 6.87. The molecule has 7 heteroatoms. The molecule has 0 fully saturated rings. The molecule has 4 heterocycles. The number of hydrogen-bond donors (Lipinski definition) is 0. The molecule has 3 aliphatic heterocycles. The smallest absolute Gasteiger partial charge is 0.246 e. The van der Waals surface area contributed by atoms with Gasteiger partial charge in [0.1, 0.15) is 17.8 Å². The van der Waals surface area contributed by atoms with Crippen molar-refractivity contribution in [3.05, 3.63) is 89.1 Å². The summed E-state index contributed by atoms with van der Waals surface area (Å²) in [5.74, 6) is 2.56. The highest BCUT2D eigenvalue weighted by Crippen LogP contribution is 2.55. The predicted molar refractivity (Wildman–Crippen MR) is 123 cm³/mol. The Labute approximate surface area is 195 Å². The van der Waals surface area contributed by atoms with Gasteiger partial charge in [-0.05, 0) is 24.6 Å². The van der Waals surface area contributed by atoms with Gasteiger partial charge in [0.25, 0.3) is 0 Å². The number of para-hydroxylation sites is 1. The first-order valence-corrected chi connectivity index (χ1v) is 11.2. The number of aryl methyl sites for hydroxylation is 1. The molecule has 1 spiro atoms. The molecule has 7 rings (SSSR count). The molecule has 0 N–H and O–H groups in total. The van der Waals surface area contributed by atoms with Crippen molar-refractivity contribution in [3.8, 4) is 28.6 Å². The second-order valence-electron chi connectivity index (χ2n) is 8.75. The van der Waals surface area contributed by atoms with Crippen LogP contribution >= 0.6 is 0 Å². The van der Waals surface area contributed by atoms with E-state index in [4.69, 9.17) is 18.7 Å². The van der Waals surface area contributed by atoms with Gasteiger partial charge in [-0.3, -0.25) is 4.79 Å². The average molecular weight is 452 g/mol. The lowest BCUT2D eigenvalue weighted by molar-refractivity contribution is -0.122. The minimum Gasteiger partial charge on any atom is -0.491 e. The van der Waals surface area contributed by atoms with Gasteiger partial charge in [0.05, 0.1) is 12.2 Å². The third-order valence-corrected chi connectivity index (χ3v) is 6.98. The Kier molecular flexibility index (Phi) is 3.89. The quantitative estimate of drug-likeness (QED) is 0.452. The van der Waals surface area contributed by atoms with Crippen molar-refractivity contribution in [3.63, 3.8) is 0 Å². The first-order chi connectivity index (χ1) is 16.7. The summed E-state index contributed by atoms with van der Waals surface area (Å²) >= 11 is 0. The molecule has 1 amide bonds. The number of fused-ring (bicyclic) bond motifs is 5. The lowest BCUT2D eigenvalue weighted by Crippen LogP contribution is -2.42. The number of benzene rings is 3. The molecular weight excluding hydrogens is 432 g/mol. The molecular formula is C27H20N2O5. The number of amides is 1. The lowest BCUT2D eigenvalue weighted by atomic mass is 9.77. The van der Waals surface area contributed by atoms with E-state index in [1.54, 1.807) is 0 Å². The molecule has 1 aromatic heterocycles. The second-order valence-corrected chi connectivity index (χ2v) is 8.75. The van der Waals surface area contributed by atoms with E-state index < -0.39 is 5.41 Å². The molecule has 7 nitrogen and oxygen atoms in total. The fraction of sp³-hybridized carbons (Fsp3) is 0.185. The number of hydrogen-bond acceptors (Lipinski definition) is 6. The van der Waals surface area contributed by atoms with Crippen molar-refractivity contribution in [2.45, 2.75) is 18.9 Å². The van der Waals surface area contributed by atoms with Gasteiger partial charge in [-0.1, -0.05) is 53.7 Å². The fourth-order valence-corrected chi connectivity index (χ4v) is 5.27. The highest BCUT2D eigenvalue weighted by molar-refractivity contribution is 6.11. The maximum Gasteiger partial charge on any atom is 0.246 e. The van der Waals surface area contributed by atoms with Gasteiger partial charge in [-0.25, -0.2) is 0 Å². The standard InChI is InChI=1S/C27H20N2O5/c1-16-18(25(34-28-16)17-7-3-2-4-8-17)13-29-21-10-6-5-9-19(21)27(26(29)30)14-31-22-12-24-23(11-20(22)27)32-15-33-24/h2-12H,13-15H2,1H3. The Morgan fingerprint density at radius 3 is 2.53 bits per heavy atom. The van der Waals surface area contributed by atoms with Crippen LogP contribution in [0.2, 0.25) is 0 Å². The summed E-state index contributed by atoms with van der Waals surface area (Å²) < 4.78 is 22.9. The maximum absolute atomic E-state index is 14.3. The van der Waals surface area contributed by atoms with Gasteiger partial charge in [0.15, 0.2) is 17.3 Å². The van der Waals surface area contributed by atoms with Crippen molar-refractivity contribution in [1.29, 1.82) is 0 Å². The molecule has 3 aliphatic rings. The van der Waals surface area contributed by atoms with Crippen LogP contribution in [0.5, 0.6) is 17.2 Å². The van der Waals surface area contributed by atoms with Crippen LogP contribution in [0.1, 0.15) is 22.4 Å². The topological polar surface area (TPSA) is 74.0 Å². The van der Waals surface area contributed by atoms with Crippen LogP contribution in [0.15, 0.2) is 71.3 Å². The molecule has 3 aromatic carbocycles. The number of carbonyl (C=O) groups excluding carboxylic acids is 1. The van der Waals surface area contributed by atoms with E-state index in [-0.39, 0.29) is 19.3 Å². The van der Waals surface area contributed by atoms with Crippen LogP contribution in [0.25, 0.3) is 11.3 Å². The van der Waals surface area contributed by atoms with Gasteiger partial charge in [0.2, 0.25) is 12.7 Å². The van der Waals surface area contributed by atoms with Crippen molar-refractivity contribution in [2.75, 3.05) is 18.3 Å². The van der Waals surface area contributed by atoms with Crippen LogP contribution in [0, 0.1) is 6.92 Å². The van der Waals surface area contributed by atoms with E-state index >= 15 is 0 Å². The summed E-state index contributed by atoms with van der Waals surface area (Å²) in [6.07, 6.45) is 0. The minimum absolute atomic E-state index is 0.0362. The molecule has 0 aliphatic carbocycles. The van der Waals surface area contributed by atoms with Gasteiger partial charge in [-0.2, -0.15) is 0 Å². The SMILES string of the molecule is Cc1noc(-c2ccccc2)c1CN1C(=O)C2(COc3cc4c(cc32)OCO4)c2ccccc21. The minimum atomic E-state index is -0.940. The zero-order valence-electron chi connectivity index (χ0n) is 18.4. The normalized spacial score (nSPS) is 19.4. The Hall–Kier alpha value is -4.26. The summed E-state index contributed by atoms with van der Waals surface area (Å²) in [7, 11) is 0. The first kappa shape index (κ1) is 19.2. The largest absolute Gasteiger partial charge is 0.491 e. The zero-order valence-corrected chi connectivity index (χ0v) is 18.4. The molecule has 1 unspecified atom stereocenters. The molecule has 0 saturated carbocycles. The number of rotatable bonds is 3. The molecule has 1 atom stereocenters. The zero-order chi connectivity index (χ0) is 22.9. The van der Waals surface area contributed by atoms with Gasteiger partial charge in [-0.15, -0.1) is 0 Å². The molecule has 4 aromatic rings. The van der Waals surface area contributed by atoms with Gasteiger partial charge in [0, 0.05) is 28.4 Å². The summed E-state index contributed by atoms with van der Waals surface area (Å²) in [5, 5.41) is 4.21. The number of ether oxygens (including phenoxy) is 3. The van der Waals surface area contributed by atoms with E-state index in [2.05, 4.69) is 5.16 Å². The van der Waals surface area contributed by atoms with Crippen LogP contribution in [0.3, 0.4) is 0 Å². The fourth-order valence-electron chi connectivity index (χ4n) is 5.27. The average Bonchev–Trinajstić information content (AvgIpc) is 3.62. The van der Waals surface area contributed by atoms with Crippen LogP contribution in [-0.2, 0) is 16.8 Å². The van der Waals surface area contributed by atoms with Crippen molar-refractivity contribution < 1.29 is 23.5 Å². The molecule has 0 bridgehead atoms. The van der Waals surface area contributed by atoms with E-state index in [0.717, 1.165) is 33.6 Å². The van der Waals surface area contributed by atoms with Crippen LogP contribution in [-0.4, -0.2) is 24.5 Å². The van der Waals surface area contributed by atoms with Crippen LogP contribution in [0.4, 0.5) is 5.69 Å². The summed E-state index contributed by atoms with van der Waals surface area (Å²) in [4.78, 5) is 16.1. The molecule has 168 valence electrons. The molecule has 0 radical (unpaired) electrons. The number of aromatic nitrogens is 1. The van der Waals surface area contributed by atoms with Gasteiger partial charge >= 0.3 is 0 Å². The molecule has 34 heavy (non-hydrogen) atoms. The monoisotopic (exact) mass is 452 g/mol. The number of nitrogens with zero attached hydrogens (tertiary/aromatic N) is 2. The Bertz CT molecular complexity index is 1460. The van der Waals surface area contributed by atoms with Gasteiger partial charge < -0.3 is 23.6 Å². The van der Waals surface area contributed by atoms with Crippen molar-refractivity contribution in [2.24, 2.45) is 0 Å². The Balaban J connectivity index is 1.36.